The summed E-state index contributed by atoms with van der Waals surface area (Å²) >= 11 is 3.36. The summed E-state index contributed by atoms with van der Waals surface area (Å²) in [6.07, 6.45) is 2.34. The minimum atomic E-state index is -2.42. The van der Waals surface area contributed by atoms with Gasteiger partial charge in [0.15, 0.2) is 0 Å². The van der Waals surface area contributed by atoms with Crippen molar-refractivity contribution >= 4 is 36.0 Å². The molecule has 3 aromatic rings. The van der Waals surface area contributed by atoms with E-state index in [0.717, 1.165) is 46.5 Å². The van der Waals surface area contributed by atoms with Gasteiger partial charge < -0.3 is 38.3 Å². The van der Waals surface area contributed by atoms with E-state index < -0.39 is 26.6 Å². The molecule has 0 bridgehead atoms. The number of piperidine rings is 1. The Morgan fingerprint density at radius 1 is 1.00 bits per heavy atom. The third kappa shape index (κ3) is 9.23. The van der Waals surface area contributed by atoms with Gasteiger partial charge in [-0.1, -0.05) is 59.7 Å². The summed E-state index contributed by atoms with van der Waals surface area (Å²) in [4.78, 5) is 24.9. The molecule has 3 atom stereocenters. The Kier molecular flexibility index (Phi) is 13.4. The van der Waals surface area contributed by atoms with Gasteiger partial charge in [-0.15, -0.1) is 0 Å². The lowest BCUT2D eigenvalue weighted by Gasteiger charge is -2.50. The average molecular weight is 786 g/mol. The van der Waals surface area contributed by atoms with Crippen LogP contribution in [0.4, 0.5) is 10.5 Å². The Morgan fingerprint density at radius 2 is 1.67 bits per heavy atom. The predicted molar refractivity (Wildman–Crippen MR) is 204 cm³/mol. The van der Waals surface area contributed by atoms with Gasteiger partial charge in [0.1, 0.15) is 18.1 Å². The normalized spacial score (nSPS) is 19.4. The Bertz CT molecular complexity index is 1560. The van der Waals surface area contributed by atoms with Crippen molar-refractivity contribution in [3.8, 4) is 17.5 Å². The van der Waals surface area contributed by atoms with Crippen LogP contribution in [-0.4, -0.2) is 93.1 Å². The highest BCUT2D eigenvalue weighted by Crippen LogP contribution is 2.46. The van der Waals surface area contributed by atoms with Crippen LogP contribution < -0.4 is 14.4 Å². The summed E-state index contributed by atoms with van der Waals surface area (Å²) < 4.78 is 32.2. The average Bonchev–Trinajstić information content (AvgIpc) is 3.10. The van der Waals surface area contributed by atoms with Crippen molar-refractivity contribution in [1.82, 2.24) is 14.9 Å². The zero-order valence-electron chi connectivity index (χ0n) is 30.9. The van der Waals surface area contributed by atoms with E-state index in [1.807, 2.05) is 36.4 Å². The molecule has 1 saturated heterocycles. The molecule has 51 heavy (non-hydrogen) atoms. The fraction of sp³-hybridized carbons (Fsp3) is 0.553. The molecule has 3 unspecified atom stereocenters. The molecular formula is C38H53BrN4O7Si. The number of likely N-dealkylation sites (tertiary alicyclic amines) is 1. The molecule has 11 nitrogen and oxygen atoms in total. The number of nitrogens with zero attached hydrogens (tertiary/aromatic N) is 4. The molecular weight excluding hydrogens is 732 g/mol. The molecule has 1 aromatic heterocycles. The van der Waals surface area contributed by atoms with Crippen molar-refractivity contribution < 1.29 is 33.3 Å². The highest BCUT2D eigenvalue weighted by molar-refractivity contribution is 9.10. The largest absolute Gasteiger partial charge is 0.490 e. The first-order chi connectivity index (χ1) is 24.4. The maximum atomic E-state index is 12.6. The highest BCUT2D eigenvalue weighted by Gasteiger charge is 2.51. The molecule has 13 heteroatoms. The van der Waals surface area contributed by atoms with E-state index in [1.54, 1.807) is 19.5 Å². The second kappa shape index (κ2) is 17.5. The molecule has 0 saturated carbocycles. The molecule has 278 valence electrons. The Labute approximate surface area is 311 Å². The number of hydrogen-bond donors (Lipinski definition) is 1. The predicted octanol–water partition coefficient (Wildman–Crippen LogP) is 8.49. The molecule has 0 spiro atoms. The van der Waals surface area contributed by atoms with Gasteiger partial charge in [0.25, 0.3) is 0 Å². The fourth-order valence-corrected chi connectivity index (χ4v) is 13.7. The molecule has 5 rings (SSSR count). The van der Waals surface area contributed by atoms with Crippen LogP contribution in [0.5, 0.6) is 17.5 Å². The number of hydrogen-bond acceptors (Lipinski definition) is 9. The molecule has 2 aromatic carbocycles. The quantitative estimate of drug-likeness (QED) is 0.119. The number of rotatable bonds is 15. The Hall–Kier alpha value is -3.23. The van der Waals surface area contributed by atoms with Crippen molar-refractivity contribution in [2.24, 2.45) is 0 Å². The molecule has 1 amide bonds. The van der Waals surface area contributed by atoms with Crippen LogP contribution in [0, 0.1) is 0 Å². The number of carbonyl (C=O) groups is 1. The van der Waals surface area contributed by atoms with E-state index in [0.29, 0.717) is 42.2 Å². The molecule has 0 radical (unpaired) electrons. The second-order valence-corrected chi connectivity index (χ2v) is 20.7. The van der Waals surface area contributed by atoms with Gasteiger partial charge >= 0.3 is 12.1 Å². The molecule has 2 aliphatic heterocycles. The first-order valence-electron chi connectivity index (χ1n) is 17.9. The van der Waals surface area contributed by atoms with Crippen molar-refractivity contribution in [2.45, 2.75) is 89.3 Å². The van der Waals surface area contributed by atoms with E-state index >= 15 is 0 Å². The second-order valence-electron chi connectivity index (χ2n) is 14.4. The molecule has 1 N–H and O–H groups in total. The zero-order valence-corrected chi connectivity index (χ0v) is 33.5. The summed E-state index contributed by atoms with van der Waals surface area (Å²) in [5.74, 6) is 1.23. The van der Waals surface area contributed by atoms with Gasteiger partial charge in [-0.2, -0.15) is 0 Å². The van der Waals surface area contributed by atoms with Crippen molar-refractivity contribution in [1.29, 1.82) is 0 Å². The van der Waals surface area contributed by atoms with Gasteiger partial charge in [-0.05, 0) is 74.4 Å². The van der Waals surface area contributed by atoms with Gasteiger partial charge in [-0.3, -0.25) is 0 Å². The monoisotopic (exact) mass is 784 g/mol. The van der Waals surface area contributed by atoms with Gasteiger partial charge in [0, 0.05) is 45.1 Å². The van der Waals surface area contributed by atoms with Crippen LogP contribution in [0.25, 0.3) is 0 Å². The Balaban J connectivity index is 1.47. The Morgan fingerprint density at radius 3 is 2.29 bits per heavy atom. The lowest BCUT2D eigenvalue weighted by Crippen LogP contribution is -2.59. The third-order valence-electron chi connectivity index (χ3n) is 10.2. The number of anilines is 1. The van der Waals surface area contributed by atoms with Gasteiger partial charge in [-0.25, -0.2) is 14.8 Å². The SMILES string of the molecule is COCCCN1CCOc2ccc(COC3CN(C(=O)O)CC(O[Si](C(C)C)(C(C)C)C(C)C)C3c3ccc(Oc4ncc(Br)cn4)cc3)cc21. The molecule has 0 aliphatic carbocycles. The fourth-order valence-electron chi connectivity index (χ4n) is 7.96. The molecule has 3 heterocycles. The topological polar surface area (TPSA) is 116 Å². The van der Waals surface area contributed by atoms with E-state index in [2.05, 4.69) is 78.4 Å². The van der Waals surface area contributed by atoms with Crippen LogP contribution in [0.2, 0.25) is 16.6 Å². The summed E-state index contributed by atoms with van der Waals surface area (Å²) in [7, 11) is -0.702. The number of amides is 1. The van der Waals surface area contributed by atoms with Gasteiger partial charge in [0.2, 0.25) is 8.32 Å². The zero-order chi connectivity index (χ0) is 36.7. The van der Waals surface area contributed by atoms with Crippen molar-refractivity contribution in [3.05, 3.63) is 70.5 Å². The van der Waals surface area contributed by atoms with E-state index in [-0.39, 0.29) is 25.0 Å². The minimum absolute atomic E-state index is 0.224. The lowest BCUT2D eigenvalue weighted by atomic mass is 9.84. The van der Waals surface area contributed by atoms with Gasteiger partial charge in [0.05, 0.1) is 42.1 Å². The number of aromatic nitrogens is 2. The number of carboxylic acid groups (broad SMARTS) is 1. The van der Waals surface area contributed by atoms with Crippen LogP contribution in [0.15, 0.2) is 59.3 Å². The highest BCUT2D eigenvalue weighted by atomic mass is 79.9. The van der Waals surface area contributed by atoms with E-state index in [9.17, 15) is 9.90 Å². The standard InChI is InChI=1S/C38H53BrN4O7Si/c1-25(2)51(26(3)4,27(5)6)50-35-23-43(38(44)45)22-34(36(35)29-10-12-31(13-11-29)49-37-40-20-30(39)21-41-37)48-24-28-9-14-33-32(19-28)42(16-18-47-33)15-8-17-46-7/h9-14,19-21,25-27,34-36H,8,15-18,22-24H2,1-7H3,(H,44,45). The number of methoxy groups -OCH3 is 1. The summed E-state index contributed by atoms with van der Waals surface area (Å²) in [6, 6.07) is 14.3. The summed E-state index contributed by atoms with van der Waals surface area (Å²) in [5, 5.41) is 10.4. The van der Waals surface area contributed by atoms with Crippen LogP contribution in [0.3, 0.4) is 0 Å². The van der Waals surface area contributed by atoms with Crippen LogP contribution in [0.1, 0.15) is 65.0 Å². The van der Waals surface area contributed by atoms with Crippen LogP contribution in [-0.2, 0) is 20.5 Å². The third-order valence-corrected chi connectivity index (χ3v) is 16.8. The summed E-state index contributed by atoms with van der Waals surface area (Å²) in [6.45, 7) is 17.3. The first kappa shape index (κ1) is 39.0. The smallest absolute Gasteiger partial charge is 0.407 e. The number of ether oxygens (including phenoxy) is 4. The minimum Gasteiger partial charge on any atom is -0.490 e. The molecule has 1 fully saturated rings. The van der Waals surface area contributed by atoms with Crippen molar-refractivity contribution in [2.75, 3.05) is 51.4 Å². The lowest BCUT2D eigenvalue weighted by molar-refractivity contribution is -0.0630. The van der Waals surface area contributed by atoms with Crippen molar-refractivity contribution in [3.63, 3.8) is 0 Å². The summed E-state index contributed by atoms with van der Waals surface area (Å²) in [5.41, 5.74) is 4.01. The number of benzene rings is 2. The van der Waals surface area contributed by atoms with E-state index in [1.165, 1.54) is 4.90 Å². The number of halogens is 1. The molecule has 2 aliphatic rings. The van der Waals surface area contributed by atoms with Crippen LogP contribution >= 0.6 is 15.9 Å². The maximum Gasteiger partial charge on any atom is 0.407 e. The number of fused-ring (bicyclic) bond motifs is 1. The maximum absolute atomic E-state index is 12.6. The first-order valence-corrected chi connectivity index (χ1v) is 20.9. The van der Waals surface area contributed by atoms with E-state index in [4.69, 9.17) is 23.4 Å².